The molecule has 100 valence electrons. The third-order valence-electron chi connectivity index (χ3n) is 3.73. The molecule has 0 saturated heterocycles. The van der Waals surface area contributed by atoms with Crippen LogP contribution >= 0.6 is 0 Å². The molecule has 0 radical (unpaired) electrons. The van der Waals surface area contributed by atoms with Crippen LogP contribution < -0.4 is 5.32 Å². The van der Waals surface area contributed by atoms with Gasteiger partial charge in [0.15, 0.2) is 5.82 Å². The molecule has 1 heterocycles. The number of hydrogen-bond acceptors (Lipinski definition) is 4. The highest BCUT2D eigenvalue weighted by Crippen LogP contribution is 2.30. The van der Waals surface area contributed by atoms with Crippen LogP contribution in [-0.2, 0) is 13.0 Å². The van der Waals surface area contributed by atoms with Gasteiger partial charge in [-0.3, -0.25) is 0 Å². The van der Waals surface area contributed by atoms with Gasteiger partial charge in [0.1, 0.15) is 0 Å². The van der Waals surface area contributed by atoms with Crippen molar-refractivity contribution in [3.05, 3.63) is 47.1 Å². The van der Waals surface area contributed by atoms with Crippen molar-refractivity contribution in [3.8, 4) is 0 Å². The average Bonchev–Trinajstić information content (AvgIpc) is 2.85. The van der Waals surface area contributed by atoms with E-state index in [-0.39, 0.29) is 0 Å². The summed E-state index contributed by atoms with van der Waals surface area (Å²) in [5, 5.41) is 7.22. The summed E-state index contributed by atoms with van der Waals surface area (Å²) in [5.41, 5.74) is 3.01. The van der Waals surface area contributed by atoms with Gasteiger partial charge >= 0.3 is 0 Å². The van der Waals surface area contributed by atoms with E-state index in [0.717, 1.165) is 6.54 Å². The number of aromatic nitrogens is 2. The Labute approximate surface area is 113 Å². The van der Waals surface area contributed by atoms with Gasteiger partial charge < -0.3 is 9.84 Å². The molecule has 1 N–H and O–H groups in total. The van der Waals surface area contributed by atoms with Gasteiger partial charge in [0, 0.05) is 6.54 Å². The maximum absolute atomic E-state index is 5.10. The number of nitrogens with one attached hydrogen (secondary N) is 1. The maximum Gasteiger partial charge on any atom is 0.240 e. The van der Waals surface area contributed by atoms with Crippen molar-refractivity contribution in [2.24, 2.45) is 0 Å². The Morgan fingerprint density at radius 3 is 3.11 bits per heavy atom. The van der Waals surface area contributed by atoms with Crippen LogP contribution in [0.4, 0.5) is 0 Å². The van der Waals surface area contributed by atoms with Crippen molar-refractivity contribution in [1.29, 1.82) is 0 Å². The number of aryl methyl sites for hydroxylation is 2. The second-order valence-electron chi connectivity index (χ2n) is 5.15. The highest BCUT2D eigenvalue weighted by Gasteiger charge is 2.19. The first kappa shape index (κ1) is 12.4. The highest BCUT2D eigenvalue weighted by atomic mass is 16.5. The summed E-state index contributed by atoms with van der Waals surface area (Å²) in [6.07, 6.45) is 3.76. The van der Waals surface area contributed by atoms with E-state index in [1.165, 1.54) is 30.4 Å². The molecule has 19 heavy (non-hydrogen) atoms. The van der Waals surface area contributed by atoms with Gasteiger partial charge in [0.2, 0.25) is 5.89 Å². The van der Waals surface area contributed by atoms with Gasteiger partial charge in [0.05, 0.1) is 6.54 Å². The van der Waals surface area contributed by atoms with Gasteiger partial charge in [0.25, 0.3) is 0 Å². The summed E-state index contributed by atoms with van der Waals surface area (Å²) >= 11 is 0. The monoisotopic (exact) mass is 257 g/mol. The molecule has 1 aliphatic carbocycles. The lowest BCUT2D eigenvalue weighted by Gasteiger charge is -2.25. The van der Waals surface area contributed by atoms with E-state index in [1.54, 1.807) is 0 Å². The molecule has 4 nitrogen and oxygen atoms in total. The molecule has 1 atom stereocenters. The Hall–Kier alpha value is -1.68. The quantitative estimate of drug-likeness (QED) is 0.914. The molecular weight excluding hydrogens is 238 g/mol. The first-order valence-corrected chi connectivity index (χ1v) is 6.90. The molecule has 1 unspecified atom stereocenters. The van der Waals surface area contributed by atoms with Crippen LogP contribution in [0.1, 0.15) is 41.6 Å². The van der Waals surface area contributed by atoms with Crippen LogP contribution in [0.15, 0.2) is 28.8 Å². The predicted molar refractivity (Wildman–Crippen MR) is 72.9 cm³/mol. The lowest BCUT2D eigenvalue weighted by molar-refractivity contribution is 0.360. The number of rotatable bonds is 4. The molecule has 0 saturated carbocycles. The number of hydrogen-bond donors (Lipinski definition) is 1. The van der Waals surface area contributed by atoms with Crippen molar-refractivity contribution >= 4 is 0 Å². The standard InChI is InChI=1S/C15H19N3O/c1-11-17-15(19-18-11)10-16-9-13-7-4-6-12-5-2-3-8-14(12)13/h2-3,5,8,13,16H,4,6-7,9-10H2,1H3. The molecule has 0 aliphatic heterocycles. The van der Waals surface area contributed by atoms with E-state index >= 15 is 0 Å². The molecule has 0 bridgehead atoms. The maximum atomic E-state index is 5.10. The third-order valence-corrected chi connectivity index (χ3v) is 3.73. The zero-order chi connectivity index (χ0) is 13.1. The minimum Gasteiger partial charge on any atom is -0.338 e. The molecule has 2 aromatic rings. The van der Waals surface area contributed by atoms with E-state index in [1.807, 2.05) is 6.92 Å². The zero-order valence-corrected chi connectivity index (χ0v) is 11.2. The summed E-state index contributed by atoms with van der Waals surface area (Å²) < 4.78 is 5.10. The Bertz CT molecular complexity index is 550. The molecule has 3 rings (SSSR count). The van der Waals surface area contributed by atoms with Crippen LogP contribution in [0.25, 0.3) is 0 Å². The van der Waals surface area contributed by atoms with Gasteiger partial charge in [-0.2, -0.15) is 4.98 Å². The third kappa shape index (κ3) is 2.84. The van der Waals surface area contributed by atoms with Crippen molar-refractivity contribution in [3.63, 3.8) is 0 Å². The fourth-order valence-electron chi connectivity index (χ4n) is 2.83. The fourth-order valence-corrected chi connectivity index (χ4v) is 2.83. The van der Waals surface area contributed by atoms with Crippen LogP contribution in [0.5, 0.6) is 0 Å². The normalized spacial score (nSPS) is 18.3. The van der Waals surface area contributed by atoms with Crippen LogP contribution in [0, 0.1) is 6.92 Å². The Morgan fingerprint density at radius 2 is 2.26 bits per heavy atom. The smallest absolute Gasteiger partial charge is 0.240 e. The minimum absolute atomic E-state index is 0.606. The Balaban J connectivity index is 1.59. The molecule has 0 amide bonds. The SMILES string of the molecule is Cc1noc(CNCC2CCCc3ccccc32)n1. The molecular formula is C15H19N3O. The number of fused-ring (bicyclic) bond motifs is 1. The number of nitrogens with zero attached hydrogens (tertiary/aromatic N) is 2. The van der Waals surface area contributed by atoms with Crippen LogP contribution in [-0.4, -0.2) is 16.7 Å². The van der Waals surface area contributed by atoms with Crippen molar-refractivity contribution in [1.82, 2.24) is 15.5 Å². The van der Waals surface area contributed by atoms with E-state index < -0.39 is 0 Å². The summed E-state index contributed by atoms with van der Waals surface area (Å²) in [6, 6.07) is 8.79. The van der Waals surface area contributed by atoms with Crippen LogP contribution in [0.2, 0.25) is 0 Å². The van der Waals surface area contributed by atoms with Gasteiger partial charge in [-0.05, 0) is 43.2 Å². The average molecular weight is 257 g/mol. The molecule has 0 spiro atoms. The minimum atomic E-state index is 0.606. The second kappa shape index (κ2) is 5.53. The van der Waals surface area contributed by atoms with Crippen molar-refractivity contribution in [2.45, 2.75) is 38.6 Å². The van der Waals surface area contributed by atoms with Gasteiger partial charge in [-0.25, -0.2) is 0 Å². The largest absolute Gasteiger partial charge is 0.338 e. The lowest BCUT2D eigenvalue weighted by atomic mass is 9.83. The van der Waals surface area contributed by atoms with Crippen molar-refractivity contribution < 1.29 is 4.52 Å². The van der Waals surface area contributed by atoms with E-state index in [4.69, 9.17) is 4.52 Å². The molecule has 1 aromatic heterocycles. The summed E-state index contributed by atoms with van der Waals surface area (Å²) in [6.45, 7) is 3.46. The number of benzene rings is 1. The van der Waals surface area contributed by atoms with E-state index in [0.29, 0.717) is 24.2 Å². The predicted octanol–water partition coefficient (Wildman–Crippen LogP) is 2.59. The summed E-state index contributed by atoms with van der Waals surface area (Å²) in [4.78, 5) is 4.20. The topological polar surface area (TPSA) is 51.0 Å². The van der Waals surface area contributed by atoms with Crippen LogP contribution in [0.3, 0.4) is 0 Å². The van der Waals surface area contributed by atoms with E-state index in [2.05, 4.69) is 39.7 Å². The first-order chi connectivity index (χ1) is 9.33. The molecule has 1 aliphatic rings. The lowest BCUT2D eigenvalue weighted by Crippen LogP contribution is -2.24. The van der Waals surface area contributed by atoms with E-state index in [9.17, 15) is 0 Å². The first-order valence-electron chi connectivity index (χ1n) is 6.90. The highest BCUT2D eigenvalue weighted by molar-refractivity contribution is 5.32. The molecule has 0 fully saturated rings. The summed E-state index contributed by atoms with van der Waals surface area (Å²) in [5.74, 6) is 1.97. The molecule has 4 heteroatoms. The Morgan fingerprint density at radius 1 is 1.37 bits per heavy atom. The summed E-state index contributed by atoms with van der Waals surface area (Å²) in [7, 11) is 0. The second-order valence-corrected chi connectivity index (χ2v) is 5.15. The van der Waals surface area contributed by atoms with Crippen molar-refractivity contribution in [2.75, 3.05) is 6.54 Å². The van der Waals surface area contributed by atoms with Gasteiger partial charge in [-0.1, -0.05) is 29.4 Å². The Kier molecular flexibility index (Phi) is 3.60. The zero-order valence-electron chi connectivity index (χ0n) is 11.2. The fraction of sp³-hybridized carbons (Fsp3) is 0.467. The van der Waals surface area contributed by atoms with Gasteiger partial charge in [-0.15, -0.1) is 0 Å². The molecule has 1 aromatic carbocycles.